The van der Waals surface area contributed by atoms with Gasteiger partial charge < -0.3 is 23.7 Å². The van der Waals surface area contributed by atoms with Crippen LogP contribution in [-0.2, 0) is 23.7 Å². The average Bonchev–Trinajstić information content (AvgIpc) is 2.55. The molecule has 1 rings (SSSR count). The standard InChI is InChI=1S/C19H30O6/c1-19(2,3)25-18(20)9-10-21-11-12-22-13-14-23-15-16-24-17-7-5-4-6-8-17/h4-8H,9-16H2,1-3H3. The molecule has 1 aromatic rings. The first-order valence-corrected chi connectivity index (χ1v) is 8.60. The van der Waals surface area contributed by atoms with Gasteiger partial charge in [0.2, 0.25) is 0 Å². The van der Waals surface area contributed by atoms with E-state index in [-0.39, 0.29) is 12.4 Å². The highest BCUT2D eigenvalue weighted by molar-refractivity contribution is 5.69. The van der Waals surface area contributed by atoms with Crippen LogP contribution in [0.5, 0.6) is 5.75 Å². The Morgan fingerprint density at radius 2 is 1.32 bits per heavy atom. The van der Waals surface area contributed by atoms with Crippen molar-refractivity contribution in [2.75, 3.05) is 46.2 Å². The van der Waals surface area contributed by atoms with Crippen molar-refractivity contribution in [2.24, 2.45) is 0 Å². The molecule has 6 nitrogen and oxygen atoms in total. The van der Waals surface area contributed by atoms with Crippen LogP contribution in [0.1, 0.15) is 27.2 Å². The lowest BCUT2D eigenvalue weighted by Gasteiger charge is -2.19. The van der Waals surface area contributed by atoms with Crippen molar-refractivity contribution < 1.29 is 28.5 Å². The van der Waals surface area contributed by atoms with Crippen LogP contribution in [0.15, 0.2) is 30.3 Å². The quantitative estimate of drug-likeness (QED) is 0.401. The van der Waals surface area contributed by atoms with Crippen molar-refractivity contribution in [2.45, 2.75) is 32.8 Å². The highest BCUT2D eigenvalue weighted by atomic mass is 16.6. The Hall–Kier alpha value is -1.63. The summed E-state index contributed by atoms with van der Waals surface area (Å²) < 4.78 is 26.8. The number of esters is 1. The Kier molecular flexibility index (Phi) is 10.9. The summed E-state index contributed by atoms with van der Waals surface area (Å²) in [5.41, 5.74) is -0.452. The third kappa shape index (κ3) is 13.3. The number of hydrogen-bond acceptors (Lipinski definition) is 6. The Morgan fingerprint density at radius 1 is 0.800 bits per heavy atom. The maximum absolute atomic E-state index is 11.4. The zero-order valence-electron chi connectivity index (χ0n) is 15.5. The zero-order chi connectivity index (χ0) is 18.4. The number of hydrogen-bond donors (Lipinski definition) is 0. The molecule has 0 fully saturated rings. The molecule has 0 radical (unpaired) electrons. The van der Waals surface area contributed by atoms with E-state index in [0.29, 0.717) is 46.2 Å². The van der Waals surface area contributed by atoms with Gasteiger partial charge in [0.1, 0.15) is 18.0 Å². The van der Waals surface area contributed by atoms with Crippen molar-refractivity contribution in [3.05, 3.63) is 30.3 Å². The van der Waals surface area contributed by atoms with Crippen molar-refractivity contribution in [1.82, 2.24) is 0 Å². The number of carbonyl (C=O) groups is 1. The highest BCUT2D eigenvalue weighted by Crippen LogP contribution is 2.08. The van der Waals surface area contributed by atoms with Gasteiger partial charge in [0, 0.05) is 0 Å². The maximum atomic E-state index is 11.4. The molecule has 0 aliphatic rings. The van der Waals surface area contributed by atoms with Gasteiger partial charge in [-0.05, 0) is 32.9 Å². The molecule has 0 unspecified atom stereocenters. The topological polar surface area (TPSA) is 63.2 Å². The minimum atomic E-state index is -0.452. The molecule has 0 atom stereocenters. The molecule has 0 saturated carbocycles. The first-order chi connectivity index (χ1) is 12.0. The van der Waals surface area contributed by atoms with Crippen molar-refractivity contribution in [3.8, 4) is 5.75 Å². The van der Waals surface area contributed by atoms with E-state index in [2.05, 4.69) is 0 Å². The van der Waals surface area contributed by atoms with Gasteiger partial charge in [-0.1, -0.05) is 18.2 Å². The monoisotopic (exact) mass is 354 g/mol. The van der Waals surface area contributed by atoms with E-state index in [1.807, 2.05) is 51.1 Å². The van der Waals surface area contributed by atoms with Crippen LogP contribution in [0.3, 0.4) is 0 Å². The van der Waals surface area contributed by atoms with Crippen LogP contribution in [0, 0.1) is 0 Å². The zero-order valence-corrected chi connectivity index (χ0v) is 15.5. The molecule has 0 heterocycles. The lowest BCUT2D eigenvalue weighted by atomic mass is 10.2. The molecule has 0 spiro atoms. The lowest BCUT2D eigenvalue weighted by Crippen LogP contribution is -2.24. The Morgan fingerprint density at radius 3 is 1.88 bits per heavy atom. The summed E-state index contributed by atoms with van der Waals surface area (Å²) in [5, 5.41) is 0. The lowest BCUT2D eigenvalue weighted by molar-refractivity contribution is -0.156. The van der Waals surface area contributed by atoms with Crippen LogP contribution in [0.2, 0.25) is 0 Å². The second-order valence-corrected chi connectivity index (χ2v) is 6.34. The molecule has 0 saturated heterocycles. The van der Waals surface area contributed by atoms with E-state index in [9.17, 15) is 4.79 Å². The van der Waals surface area contributed by atoms with Gasteiger partial charge in [-0.15, -0.1) is 0 Å². The largest absolute Gasteiger partial charge is 0.491 e. The fourth-order valence-corrected chi connectivity index (χ4v) is 1.83. The van der Waals surface area contributed by atoms with E-state index in [1.165, 1.54) is 0 Å². The van der Waals surface area contributed by atoms with Crippen molar-refractivity contribution in [1.29, 1.82) is 0 Å². The Labute approximate surface area is 150 Å². The van der Waals surface area contributed by atoms with Crippen LogP contribution in [-0.4, -0.2) is 57.8 Å². The van der Waals surface area contributed by atoms with Crippen LogP contribution in [0.25, 0.3) is 0 Å². The highest BCUT2D eigenvalue weighted by Gasteiger charge is 2.15. The van der Waals surface area contributed by atoms with E-state index < -0.39 is 5.60 Å². The fourth-order valence-electron chi connectivity index (χ4n) is 1.83. The van der Waals surface area contributed by atoms with Gasteiger partial charge in [-0.25, -0.2) is 0 Å². The van der Waals surface area contributed by atoms with Gasteiger partial charge in [-0.2, -0.15) is 0 Å². The smallest absolute Gasteiger partial charge is 0.308 e. The second-order valence-electron chi connectivity index (χ2n) is 6.34. The Balaban J connectivity index is 1.81. The number of carbonyl (C=O) groups excluding carboxylic acids is 1. The molecule has 0 amide bonds. The number of rotatable bonds is 13. The summed E-state index contributed by atoms with van der Waals surface area (Å²) in [6.45, 7) is 8.82. The summed E-state index contributed by atoms with van der Waals surface area (Å²) in [4.78, 5) is 11.4. The predicted octanol–water partition coefficient (Wildman–Crippen LogP) is 2.85. The van der Waals surface area contributed by atoms with E-state index in [4.69, 9.17) is 23.7 Å². The molecule has 0 aliphatic heterocycles. The number of para-hydroxylation sites is 1. The summed E-state index contributed by atoms with van der Waals surface area (Å²) in [6, 6.07) is 9.62. The predicted molar refractivity (Wildman–Crippen MR) is 94.9 cm³/mol. The van der Waals surface area contributed by atoms with E-state index in [0.717, 1.165) is 5.75 Å². The normalized spacial score (nSPS) is 11.3. The Bertz CT molecular complexity index is 455. The molecule has 1 aromatic carbocycles. The summed E-state index contributed by atoms with van der Waals surface area (Å²) in [6.07, 6.45) is 0.252. The van der Waals surface area contributed by atoms with Crippen LogP contribution in [0.4, 0.5) is 0 Å². The third-order valence-corrected chi connectivity index (χ3v) is 2.85. The molecule has 0 N–H and O–H groups in total. The average molecular weight is 354 g/mol. The van der Waals surface area contributed by atoms with Gasteiger partial charge in [-0.3, -0.25) is 4.79 Å². The first kappa shape index (κ1) is 21.4. The molecule has 25 heavy (non-hydrogen) atoms. The van der Waals surface area contributed by atoms with Gasteiger partial charge in [0.25, 0.3) is 0 Å². The summed E-state index contributed by atoms with van der Waals surface area (Å²) >= 11 is 0. The minimum absolute atomic E-state index is 0.250. The van der Waals surface area contributed by atoms with E-state index >= 15 is 0 Å². The SMILES string of the molecule is CC(C)(C)OC(=O)CCOCCOCCOCCOc1ccccc1. The molecule has 0 bridgehead atoms. The first-order valence-electron chi connectivity index (χ1n) is 8.60. The number of ether oxygens (including phenoxy) is 5. The molecular formula is C19H30O6. The van der Waals surface area contributed by atoms with Gasteiger partial charge in [0.05, 0.1) is 46.1 Å². The summed E-state index contributed by atoms with van der Waals surface area (Å²) in [5.74, 6) is 0.588. The van der Waals surface area contributed by atoms with Crippen LogP contribution < -0.4 is 4.74 Å². The van der Waals surface area contributed by atoms with E-state index in [1.54, 1.807) is 0 Å². The van der Waals surface area contributed by atoms with Crippen molar-refractivity contribution >= 4 is 5.97 Å². The number of benzene rings is 1. The second kappa shape index (κ2) is 12.7. The molecule has 142 valence electrons. The van der Waals surface area contributed by atoms with Crippen molar-refractivity contribution in [3.63, 3.8) is 0 Å². The van der Waals surface area contributed by atoms with Crippen LogP contribution >= 0.6 is 0 Å². The maximum Gasteiger partial charge on any atom is 0.308 e. The molecule has 0 aromatic heterocycles. The molecule has 0 aliphatic carbocycles. The summed E-state index contributed by atoms with van der Waals surface area (Å²) in [7, 11) is 0. The molecular weight excluding hydrogens is 324 g/mol. The molecule has 6 heteroatoms. The van der Waals surface area contributed by atoms with Gasteiger partial charge >= 0.3 is 5.97 Å². The minimum Gasteiger partial charge on any atom is -0.491 e. The van der Waals surface area contributed by atoms with Gasteiger partial charge in [0.15, 0.2) is 0 Å². The third-order valence-electron chi connectivity index (χ3n) is 2.85. The fraction of sp³-hybridized carbons (Fsp3) is 0.632.